The molecule has 14 heavy (non-hydrogen) atoms. The van der Waals surface area contributed by atoms with Crippen molar-refractivity contribution in [1.29, 1.82) is 0 Å². The molecule has 0 aliphatic rings. The second-order valence-electron chi connectivity index (χ2n) is 3.15. The first kappa shape index (κ1) is 11.6. The summed E-state index contributed by atoms with van der Waals surface area (Å²) in [6.45, 7) is 2.54. The van der Waals surface area contributed by atoms with Crippen LogP contribution in [0.2, 0.25) is 10.0 Å². The van der Waals surface area contributed by atoms with Crippen LogP contribution < -0.4 is 10.5 Å². The van der Waals surface area contributed by atoms with Gasteiger partial charge in [-0.15, -0.1) is 0 Å². The molecular formula is C10H13Cl2NO. The van der Waals surface area contributed by atoms with E-state index in [1.54, 1.807) is 13.2 Å². The van der Waals surface area contributed by atoms with E-state index in [9.17, 15) is 0 Å². The fourth-order valence-corrected chi connectivity index (χ4v) is 1.87. The van der Waals surface area contributed by atoms with E-state index in [0.717, 1.165) is 5.56 Å². The first-order valence-corrected chi connectivity index (χ1v) is 5.08. The van der Waals surface area contributed by atoms with Crippen LogP contribution in [0.5, 0.6) is 5.75 Å². The van der Waals surface area contributed by atoms with Gasteiger partial charge in [-0.25, -0.2) is 0 Å². The zero-order valence-corrected chi connectivity index (χ0v) is 9.69. The number of benzene rings is 1. The quantitative estimate of drug-likeness (QED) is 0.872. The molecular weight excluding hydrogens is 221 g/mol. The average molecular weight is 234 g/mol. The molecule has 0 amide bonds. The first-order valence-electron chi connectivity index (χ1n) is 4.33. The maximum atomic E-state index is 5.99. The molecule has 1 aromatic carbocycles. The third-order valence-corrected chi connectivity index (χ3v) is 2.62. The molecule has 1 atom stereocenters. The van der Waals surface area contributed by atoms with Crippen molar-refractivity contribution in [3.8, 4) is 5.75 Å². The van der Waals surface area contributed by atoms with Crippen molar-refractivity contribution in [2.45, 2.75) is 12.8 Å². The van der Waals surface area contributed by atoms with E-state index in [4.69, 9.17) is 33.7 Å². The molecule has 78 valence electrons. The minimum Gasteiger partial charge on any atom is -0.495 e. The fourth-order valence-electron chi connectivity index (χ4n) is 1.29. The second-order valence-corrected chi connectivity index (χ2v) is 3.99. The Bertz CT molecular complexity index is 328. The Labute approximate surface area is 94.0 Å². The molecule has 0 heterocycles. The molecule has 4 heteroatoms. The molecule has 2 nitrogen and oxygen atoms in total. The van der Waals surface area contributed by atoms with E-state index >= 15 is 0 Å². The summed E-state index contributed by atoms with van der Waals surface area (Å²) in [5.41, 5.74) is 6.54. The van der Waals surface area contributed by atoms with Crippen molar-refractivity contribution >= 4 is 23.2 Å². The molecule has 1 unspecified atom stereocenters. The molecule has 0 aliphatic heterocycles. The number of halogens is 2. The lowest BCUT2D eigenvalue weighted by Gasteiger charge is -2.15. The molecule has 0 spiro atoms. The maximum Gasteiger partial charge on any atom is 0.141 e. The summed E-state index contributed by atoms with van der Waals surface area (Å²) in [5, 5.41) is 1.13. The van der Waals surface area contributed by atoms with Gasteiger partial charge < -0.3 is 10.5 Å². The lowest BCUT2D eigenvalue weighted by Crippen LogP contribution is -2.10. The predicted molar refractivity (Wildman–Crippen MR) is 60.5 cm³/mol. The van der Waals surface area contributed by atoms with Gasteiger partial charge >= 0.3 is 0 Å². The minimum absolute atomic E-state index is 0.182. The van der Waals surface area contributed by atoms with Crippen LogP contribution in [0.25, 0.3) is 0 Å². The van der Waals surface area contributed by atoms with Crippen LogP contribution in [0.1, 0.15) is 18.4 Å². The topological polar surface area (TPSA) is 35.2 Å². The van der Waals surface area contributed by atoms with Gasteiger partial charge in [-0.2, -0.15) is 0 Å². The minimum atomic E-state index is 0.182. The van der Waals surface area contributed by atoms with E-state index in [2.05, 4.69) is 0 Å². The Morgan fingerprint density at radius 2 is 2.07 bits per heavy atom. The van der Waals surface area contributed by atoms with Gasteiger partial charge in [-0.1, -0.05) is 30.1 Å². The molecule has 0 radical (unpaired) electrons. The Balaban J connectivity index is 3.24. The maximum absolute atomic E-state index is 5.99. The number of hydrogen-bond acceptors (Lipinski definition) is 2. The third-order valence-electron chi connectivity index (χ3n) is 2.13. The summed E-state index contributed by atoms with van der Waals surface area (Å²) in [4.78, 5) is 0. The zero-order valence-electron chi connectivity index (χ0n) is 8.18. The van der Waals surface area contributed by atoms with E-state index < -0.39 is 0 Å². The number of hydrogen-bond donors (Lipinski definition) is 1. The standard InChI is InChI=1S/C10H13Cl2NO/c1-6(5-13)8-3-7(11)4-9(12)10(8)14-2/h3-4,6H,5,13H2,1-2H3. The molecule has 2 N–H and O–H groups in total. The van der Waals surface area contributed by atoms with Crippen molar-refractivity contribution in [2.75, 3.05) is 13.7 Å². The van der Waals surface area contributed by atoms with Gasteiger partial charge in [0.25, 0.3) is 0 Å². The van der Waals surface area contributed by atoms with Gasteiger partial charge in [0.1, 0.15) is 5.75 Å². The van der Waals surface area contributed by atoms with Crippen LogP contribution in [0.3, 0.4) is 0 Å². The van der Waals surface area contributed by atoms with Crippen LogP contribution in [0, 0.1) is 0 Å². The Kier molecular flexibility index (Phi) is 4.05. The van der Waals surface area contributed by atoms with Crippen LogP contribution in [0.4, 0.5) is 0 Å². The Morgan fingerprint density at radius 1 is 1.43 bits per heavy atom. The van der Waals surface area contributed by atoms with Crippen LogP contribution in [-0.2, 0) is 0 Å². The Morgan fingerprint density at radius 3 is 2.57 bits per heavy atom. The van der Waals surface area contributed by atoms with Crippen LogP contribution in [-0.4, -0.2) is 13.7 Å². The lowest BCUT2D eigenvalue weighted by atomic mass is 10.0. The van der Waals surface area contributed by atoms with Crippen LogP contribution >= 0.6 is 23.2 Å². The van der Waals surface area contributed by atoms with Gasteiger partial charge in [-0.3, -0.25) is 0 Å². The first-order chi connectivity index (χ1) is 6.60. The summed E-state index contributed by atoms with van der Waals surface area (Å²) < 4.78 is 5.21. The molecule has 1 rings (SSSR count). The van der Waals surface area contributed by atoms with E-state index in [1.165, 1.54) is 0 Å². The highest BCUT2D eigenvalue weighted by atomic mass is 35.5. The summed E-state index contributed by atoms with van der Waals surface area (Å²) in [6, 6.07) is 3.50. The number of rotatable bonds is 3. The van der Waals surface area contributed by atoms with Gasteiger partial charge in [0, 0.05) is 10.6 Å². The van der Waals surface area contributed by atoms with Crippen molar-refractivity contribution in [2.24, 2.45) is 5.73 Å². The monoisotopic (exact) mass is 233 g/mol. The van der Waals surface area contributed by atoms with E-state index in [1.807, 2.05) is 13.0 Å². The van der Waals surface area contributed by atoms with Crippen molar-refractivity contribution in [3.63, 3.8) is 0 Å². The van der Waals surface area contributed by atoms with Crippen LogP contribution in [0.15, 0.2) is 12.1 Å². The van der Waals surface area contributed by atoms with Gasteiger partial charge in [0.15, 0.2) is 0 Å². The fraction of sp³-hybridized carbons (Fsp3) is 0.400. The van der Waals surface area contributed by atoms with E-state index in [0.29, 0.717) is 22.3 Å². The number of methoxy groups -OCH3 is 1. The van der Waals surface area contributed by atoms with Gasteiger partial charge in [0.05, 0.1) is 12.1 Å². The molecule has 0 aliphatic carbocycles. The van der Waals surface area contributed by atoms with Crippen molar-refractivity contribution in [1.82, 2.24) is 0 Å². The van der Waals surface area contributed by atoms with Crippen molar-refractivity contribution < 1.29 is 4.74 Å². The molecule has 0 saturated carbocycles. The highest BCUT2D eigenvalue weighted by Gasteiger charge is 2.14. The van der Waals surface area contributed by atoms with E-state index in [-0.39, 0.29) is 5.92 Å². The van der Waals surface area contributed by atoms with Crippen molar-refractivity contribution in [3.05, 3.63) is 27.7 Å². The SMILES string of the molecule is COc1c(Cl)cc(Cl)cc1C(C)CN. The third kappa shape index (κ3) is 2.32. The normalized spacial score (nSPS) is 12.6. The lowest BCUT2D eigenvalue weighted by molar-refractivity contribution is 0.407. The summed E-state index contributed by atoms with van der Waals surface area (Å²) in [5.74, 6) is 0.843. The highest BCUT2D eigenvalue weighted by molar-refractivity contribution is 6.35. The van der Waals surface area contributed by atoms with Gasteiger partial charge in [-0.05, 0) is 24.6 Å². The summed E-state index contributed by atoms with van der Waals surface area (Å²) in [7, 11) is 1.59. The number of ether oxygens (including phenoxy) is 1. The predicted octanol–water partition coefficient (Wildman–Crippen LogP) is 3.06. The molecule has 0 fully saturated rings. The van der Waals surface area contributed by atoms with Gasteiger partial charge in [0.2, 0.25) is 0 Å². The molecule has 0 bridgehead atoms. The summed E-state index contributed by atoms with van der Waals surface area (Å²) in [6.07, 6.45) is 0. The highest BCUT2D eigenvalue weighted by Crippen LogP contribution is 2.35. The molecule has 1 aromatic rings. The second kappa shape index (κ2) is 4.87. The molecule has 0 aromatic heterocycles. The average Bonchev–Trinajstić information content (AvgIpc) is 2.15. The number of nitrogens with two attached hydrogens (primary N) is 1. The molecule has 0 saturated heterocycles. The largest absolute Gasteiger partial charge is 0.495 e. The zero-order chi connectivity index (χ0) is 10.7. The Hall–Kier alpha value is -0.440. The summed E-state index contributed by atoms with van der Waals surface area (Å²) >= 11 is 11.9. The smallest absolute Gasteiger partial charge is 0.141 e.